The SMILES string of the molecule is CC[C@H](NC(=O)[C@H](CC(=O)O)NC(=O)[C@H](CO)NC(=O)[C@@H](NC(=O)[C@](C)(Cc1ccccc1F)NC(=O)[C@@H](NC(=O)CNC(=O)[C@H](Cc1nn[nH]n1)NC(=O)C(C)(C)C(=O)NCCc1cnc[nH]1)[C@@H](C)O)[C@@H](C)O)C(=O)N[C@@H](CCCc1cc(C)cc(C)c1)C(N)=O. The van der Waals surface area contributed by atoms with Gasteiger partial charge in [-0.15, -0.1) is 10.2 Å². The molecular formula is C58H82FN17O16. The van der Waals surface area contributed by atoms with Gasteiger partial charge in [-0.05, 0) is 91.3 Å². The molecule has 10 atom stereocenters. The Morgan fingerprint density at radius 3 is 1.88 bits per heavy atom. The molecule has 2 aromatic carbocycles. The third-order valence-corrected chi connectivity index (χ3v) is 14.5. The molecule has 0 saturated heterocycles. The highest BCUT2D eigenvalue weighted by Crippen LogP contribution is 2.20. The predicted molar refractivity (Wildman–Crippen MR) is 321 cm³/mol. The number of aliphatic carboxylic acids is 1. The number of halogens is 1. The summed E-state index contributed by atoms with van der Waals surface area (Å²) >= 11 is 0. The van der Waals surface area contributed by atoms with Crippen LogP contribution in [0.5, 0.6) is 0 Å². The lowest BCUT2D eigenvalue weighted by Crippen LogP contribution is -2.67. The Balaban J connectivity index is 1.46. The molecule has 18 N–H and O–H groups in total. The second-order valence-corrected chi connectivity index (χ2v) is 22.8. The fourth-order valence-electron chi connectivity index (χ4n) is 9.25. The van der Waals surface area contributed by atoms with Gasteiger partial charge in [-0.1, -0.05) is 59.7 Å². The number of hydrogen-bond donors (Lipinski definition) is 17. The standard InChI is InChI=1S/C58H82FN17O16/c1-9-37(49(85)66-38(47(60)83)16-12-13-33-20-29(2)19-30(3)21-33)65-50(86)40(23-44(81)82)67-51(87)41(27-77)68-52(88)45(31(4)78)71-56(92)58(8,24-34-14-10-11-15-36(34)59)72-53(89)46(32(5)79)70-43(80)26-63-48(84)39(22-42-73-75-76-74-42)69-55(91)57(6,7)54(90)62-18-17-35-25-61-28-64-35/h10-11,14-15,19-21,25,28,31-32,37-41,45-46,77-79H,9,12-13,16-18,22-24,26-27H2,1-8H3,(H2,60,83)(H,61,64)(H,62,90)(H,63,84)(H,65,86)(H,66,85)(H,67,87)(H,68,88)(H,69,91)(H,70,80)(H,71,92)(H,72,89)(H,81,82)(H,73,74,75,76)/t31-,32-,37+,38+,39+,40+,41+,45+,46+,58+/m1/s1. The number of nitrogens with one attached hydrogen (secondary N) is 12. The number of H-pyrrole nitrogens is 2. The van der Waals surface area contributed by atoms with Gasteiger partial charge in [-0.2, -0.15) is 5.21 Å². The molecule has 11 amide bonds. The van der Waals surface area contributed by atoms with Crippen LogP contribution in [0, 0.1) is 25.1 Å². The van der Waals surface area contributed by atoms with Crippen molar-refractivity contribution in [2.75, 3.05) is 19.7 Å². The average molecular weight is 1290 g/mol. The number of imidazole rings is 1. The van der Waals surface area contributed by atoms with Crippen LogP contribution in [0.2, 0.25) is 0 Å². The number of amides is 11. The molecule has 4 rings (SSSR count). The summed E-state index contributed by atoms with van der Waals surface area (Å²) < 4.78 is 15.3. The molecule has 0 fully saturated rings. The average Bonchev–Trinajstić information content (AvgIpc) is 1.01. The number of carboxylic acids is 1. The number of aromatic nitrogens is 6. The van der Waals surface area contributed by atoms with E-state index in [-0.39, 0.29) is 30.8 Å². The number of carbonyl (C=O) groups excluding carboxylic acids is 11. The van der Waals surface area contributed by atoms with E-state index >= 15 is 4.39 Å². The summed E-state index contributed by atoms with van der Waals surface area (Å²) in [7, 11) is 0. The van der Waals surface area contributed by atoms with Gasteiger partial charge in [-0.25, -0.2) is 9.37 Å². The van der Waals surface area contributed by atoms with E-state index in [2.05, 4.69) is 83.8 Å². The molecule has 0 saturated carbocycles. The first-order chi connectivity index (χ1) is 43.3. The largest absolute Gasteiger partial charge is 0.481 e. The molecule has 33 nitrogen and oxygen atoms in total. The fourth-order valence-corrected chi connectivity index (χ4v) is 9.25. The van der Waals surface area contributed by atoms with Gasteiger partial charge in [-0.3, -0.25) is 57.5 Å². The fraction of sp³-hybridized carbons (Fsp3) is 0.517. The maximum atomic E-state index is 15.3. The molecule has 0 bridgehead atoms. The Hall–Kier alpha value is -9.83. The van der Waals surface area contributed by atoms with E-state index in [0.29, 0.717) is 25.0 Å². The Morgan fingerprint density at radius 1 is 0.696 bits per heavy atom. The summed E-state index contributed by atoms with van der Waals surface area (Å²) in [5.74, 6) is -14.6. The van der Waals surface area contributed by atoms with Crippen LogP contribution >= 0.6 is 0 Å². The summed E-state index contributed by atoms with van der Waals surface area (Å²) in [6.07, 6.45) is -1.44. The van der Waals surface area contributed by atoms with Crippen LogP contribution in [0.25, 0.3) is 0 Å². The number of hydrogen-bond acceptors (Lipinski definition) is 19. The molecule has 4 aromatic rings. The van der Waals surface area contributed by atoms with Gasteiger partial charge in [0.25, 0.3) is 0 Å². The van der Waals surface area contributed by atoms with Crippen LogP contribution in [0.3, 0.4) is 0 Å². The molecule has 0 unspecified atom stereocenters. The topological polar surface area (TPSA) is 515 Å². The number of nitrogens with zero attached hydrogens (tertiary/aromatic N) is 4. The smallest absolute Gasteiger partial charge is 0.305 e. The predicted octanol–water partition coefficient (Wildman–Crippen LogP) is -4.62. The number of primary amides is 1. The van der Waals surface area contributed by atoms with Crippen LogP contribution in [-0.2, 0) is 83.2 Å². The zero-order valence-corrected chi connectivity index (χ0v) is 52.1. The van der Waals surface area contributed by atoms with Gasteiger partial charge in [0.1, 0.15) is 59.1 Å². The van der Waals surface area contributed by atoms with Gasteiger partial charge >= 0.3 is 5.97 Å². The molecule has 0 aliphatic heterocycles. The number of nitrogens with two attached hydrogens (primary N) is 1. The number of aliphatic hydroxyl groups is 3. The van der Waals surface area contributed by atoms with Gasteiger partial charge < -0.3 is 84.3 Å². The number of aromatic amines is 2. The van der Waals surface area contributed by atoms with Gasteiger partial charge in [0.15, 0.2) is 5.82 Å². The Labute approximate surface area is 527 Å². The Bertz CT molecular complexity index is 3220. The van der Waals surface area contributed by atoms with Crippen molar-refractivity contribution in [2.24, 2.45) is 11.1 Å². The highest BCUT2D eigenvalue weighted by molar-refractivity contribution is 6.06. The molecule has 92 heavy (non-hydrogen) atoms. The molecule has 34 heteroatoms. The number of carboxylic acid groups (broad SMARTS) is 1. The maximum Gasteiger partial charge on any atom is 0.305 e. The molecular weight excluding hydrogens is 1210 g/mol. The zero-order valence-electron chi connectivity index (χ0n) is 52.1. The first kappa shape index (κ1) is 74.6. The lowest BCUT2D eigenvalue weighted by Gasteiger charge is -2.34. The summed E-state index contributed by atoms with van der Waals surface area (Å²) in [5, 5.41) is 78.2. The summed E-state index contributed by atoms with van der Waals surface area (Å²) in [4.78, 5) is 168. The first-order valence-electron chi connectivity index (χ1n) is 29.3. The van der Waals surface area contributed by atoms with Crippen molar-refractivity contribution in [3.05, 3.63) is 94.6 Å². The zero-order chi connectivity index (χ0) is 68.6. The van der Waals surface area contributed by atoms with E-state index < -0.39 is 175 Å². The summed E-state index contributed by atoms with van der Waals surface area (Å²) in [6.45, 7) is 9.10. The highest BCUT2D eigenvalue weighted by atomic mass is 19.1. The van der Waals surface area contributed by atoms with Gasteiger partial charge in [0, 0.05) is 37.7 Å². The lowest BCUT2D eigenvalue weighted by molar-refractivity contribution is -0.143. The number of rotatable bonds is 37. The Morgan fingerprint density at radius 2 is 1.30 bits per heavy atom. The van der Waals surface area contributed by atoms with Crippen molar-refractivity contribution in [3.8, 4) is 0 Å². The third kappa shape index (κ3) is 22.9. The van der Waals surface area contributed by atoms with Crippen molar-refractivity contribution in [2.45, 2.75) is 167 Å². The molecule has 0 aliphatic carbocycles. The second kappa shape index (κ2) is 35.0. The number of aliphatic hydroxyl groups excluding tert-OH is 3. The van der Waals surface area contributed by atoms with Crippen molar-refractivity contribution in [1.82, 2.24) is 83.8 Å². The minimum atomic E-state index is -2.37. The van der Waals surface area contributed by atoms with Crippen LogP contribution in [-0.4, -0.2) is 202 Å². The lowest BCUT2D eigenvalue weighted by atomic mass is 9.90. The minimum absolute atomic E-state index is 0.0601. The minimum Gasteiger partial charge on any atom is -0.481 e. The third-order valence-electron chi connectivity index (χ3n) is 14.5. The molecule has 0 radical (unpaired) electrons. The highest BCUT2D eigenvalue weighted by Gasteiger charge is 2.43. The van der Waals surface area contributed by atoms with Crippen LogP contribution in [0.1, 0.15) is 101 Å². The quantitative estimate of drug-likeness (QED) is 0.0189. The number of carbonyl (C=O) groups is 12. The van der Waals surface area contributed by atoms with Crippen LogP contribution in [0.15, 0.2) is 55.0 Å². The molecule has 0 aliphatic rings. The van der Waals surface area contributed by atoms with Crippen molar-refractivity contribution in [3.63, 3.8) is 0 Å². The second-order valence-electron chi connectivity index (χ2n) is 22.8. The van der Waals surface area contributed by atoms with Gasteiger partial charge in [0.2, 0.25) is 65.0 Å². The summed E-state index contributed by atoms with van der Waals surface area (Å²) in [5.41, 5.74) is 5.08. The molecule has 2 aromatic heterocycles. The van der Waals surface area contributed by atoms with E-state index in [1.54, 1.807) is 6.20 Å². The number of tetrazole rings is 1. The summed E-state index contributed by atoms with van der Waals surface area (Å²) in [6, 6.07) is -1.18. The maximum absolute atomic E-state index is 15.3. The van der Waals surface area contributed by atoms with Crippen molar-refractivity contribution >= 4 is 70.9 Å². The van der Waals surface area contributed by atoms with Crippen LogP contribution < -0.4 is 58.9 Å². The van der Waals surface area contributed by atoms with E-state index in [0.717, 1.165) is 43.5 Å². The van der Waals surface area contributed by atoms with Gasteiger partial charge in [0.05, 0.1) is 38.1 Å². The normalized spacial score (nSPS) is 14.9. The van der Waals surface area contributed by atoms with Crippen molar-refractivity contribution < 1.29 is 82.4 Å². The number of benzene rings is 2. The Kier molecular flexibility index (Phi) is 28.4. The molecule has 2 heterocycles. The first-order valence-corrected chi connectivity index (χ1v) is 29.3. The van der Waals surface area contributed by atoms with E-state index in [1.807, 2.05) is 32.0 Å². The monoisotopic (exact) mass is 1290 g/mol. The van der Waals surface area contributed by atoms with E-state index in [9.17, 15) is 78.0 Å². The number of aryl methyl sites for hydroxylation is 3. The van der Waals surface area contributed by atoms with Crippen LogP contribution in [0.4, 0.5) is 4.39 Å². The van der Waals surface area contributed by atoms with E-state index in [1.165, 1.54) is 45.3 Å². The van der Waals surface area contributed by atoms with Crippen molar-refractivity contribution in [1.29, 1.82) is 0 Å². The molecule has 0 spiro atoms. The van der Waals surface area contributed by atoms with E-state index in [4.69, 9.17) is 5.73 Å². The molecule has 502 valence electrons.